The lowest BCUT2D eigenvalue weighted by Gasteiger charge is -2.15. The smallest absolute Gasteiger partial charge is 0.235 e. The van der Waals surface area contributed by atoms with Crippen molar-refractivity contribution in [3.8, 4) is 39.8 Å². The van der Waals surface area contributed by atoms with Gasteiger partial charge in [0.25, 0.3) is 0 Å². The Morgan fingerprint density at radius 3 is 1.56 bits per heavy atom. The first-order valence-electron chi connectivity index (χ1n) is 23.9. The van der Waals surface area contributed by atoms with Gasteiger partial charge >= 0.3 is 0 Å². The van der Waals surface area contributed by atoms with Gasteiger partial charge in [-0.3, -0.25) is 4.57 Å². The molecule has 0 saturated heterocycles. The fourth-order valence-corrected chi connectivity index (χ4v) is 11.4. The molecule has 328 valence electrons. The summed E-state index contributed by atoms with van der Waals surface area (Å²) < 4.78 is 7.12. The lowest BCUT2D eigenvalue weighted by Crippen LogP contribution is -2.05. The van der Waals surface area contributed by atoms with Crippen molar-refractivity contribution in [3.05, 3.63) is 236 Å². The number of hydrogen-bond acceptors (Lipinski definition) is 2. The summed E-state index contributed by atoms with van der Waals surface area (Å²) in [6.07, 6.45) is 6.39. The van der Waals surface area contributed by atoms with Gasteiger partial charge in [-0.25, -0.2) is 9.97 Å². The average Bonchev–Trinajstić information content (AvgIpc) is 4.05. The van der Waals surface area contributed by atoms with Gasteiger partial charge in [0.1, 0.15) is 0 Å². The molecule has 0 aliphatic carbocycles. The fourth-order valence-electron chi connectivity index (χ4n) is 11.4. The number of aromatic nitrogens is 5. The SMILES string of the molecule is C=Cc1c(/C=C\C)n(-c2ccc3c4ccccc4n(-c4nc(-c5cccc6ccccc56)cc(-c5cccc6ccccc56)n4)c3c2)c2ccc3c(c4ccccc4n3-c3cccc4ccccc34)c12. The van der Waals surface area contributed by atoms with Gasteiger partial charge < -0.3 is 9.13 Å². The van der Waals surface area contributed by atoms with E-state index >= 15 is 0 Å². The molecule has 0 aliphatic heterocycles. The summed E-state index contributed by atoms with van der Waals surface area (Å²) in [5, 5.41) is 12.9. The number of hydrogen-bond donors (Lipinski definition) is 0. The van der Waals surface area contributed by atoms with Crippen molar-refractivity contribution < 1.29 is 0 Å². The zero-order valence-corrected chi connectivity index (χ0v) is 38.4. The highest BCUT2D eigenvalue weighted by Gasteiger charge is 2.24. The third-order valence-electron chi connectivity index (χ3n) is 14.3. The molecule has 0 atom stereocenters. The maximum atomic E-state index is 5.55. The summed E-state index contributed by atoms with van der Waals surface area (Å²) in [6, 6.07) is 76.4. The lowest BCUT2D eigenvalue weighted by atomic mass is 9.99. The van der Waals surface area contributed by atoms with Crippen LogP contribution in [0.25, 0.3) is 139 Å². The molecule has 0 bridgehead atoms. The number of nitrogens with zero attached hydrogens (tertiary/aromatic N) is 5. The molecule has 0 unspecified atom stereocenters. The summed E-state index contributed by atoms with van der Waals surface area (Å²) in [4.78, 5) is 11.1. The van der Waals surface area contributed by atoms with Crippen LogP contribution in [-0.2, 0) is 0 Å². The largest absolute Gasteiger partial charge is 0.309 e. The van der Waals surface area contributed by atoms with E-state index in [1.165, 1.54) is 37.7 Å². The van der Waals surface area contributed by atoms with E-state index in [2.05, 4.69) is 252 Å². The van der Waals surface area contributed by atoms with Crippen LogP contribution in [0, 0.1) is 0 Å². The van der Waals surface area contributed by atoms with Crippen LogP contribution in [-0.4, -0.2) is 23.7 Å². The van der Waals surface area contributed by atoms with E-state index in [1.807, 2.05) is 6.08 Å². The monoisotopic (exact) mass is 893 g/mol. The minimum absolute atomic E-state index is 0.609. The number of fused-ring (bicyclic) bond motifs is 11. The van der Waals surface area contributed by atoms with Crippen LogP contribution in [0.2, 0.25) is 0 Å². The Kier molecular flexibility index (Phi) is 8.89. The third-order valence-corrected chi connectivity index (χ3v) is 14.3. The normalized spacial score (nSPS) is 12.1. The maximum Gasteiger partial charge on any atom is 0.235 e. The Labute approximate surface area is 403 Å². The zero-order valence-electron chi connectivity index (χ0n) is 38.4. The first-order valence-corrected chi connectivity index (χ1v) is 23.9. The molecular weight excluding hydrogens is 851 g/mol. The highest BCUT2D eigenvalue weighted by atomic mass is 15.2. The zero-order chi connectivity index (χ0) is 46.5. The van der Waals surface area contributed by atoms with Crippen molar-refractivity contribution in [1.29, 1.82) is 0 Å². The second-order valence-electron chi connectivity index (χ2n) is 18.1. The van der Waals surface area contributed by atoms with Gasteiger partial charge in [0, 0.05) is 54.7 Å². The fraction of sp³-hybridized carbons (Fsp3) is 0.0154. The van der Waals surface area contributed by atoms with Crippen molar-refractivity contribution in [3.63, 3.8) is 0 Å². The third kappa shape index (κ3) is 5.85. The number of allylic oxidation sites excluding steroid dienone is 1. The molecule has 4 heterocycles. The Bertz CT molecular complexity index is 4410. The van der Waals surface area contributed by atoms with Crippen LogP contribution in [0.1, 0.15) is 18.2 Å². The molecule has 0 aliphatic rings. The number of rotatable bonds is 7. The molecule has 5 nitrogen and oxygen atoms in total. The van der Waals surface area contributed by atoms with Gasteiger partial charge in [0.15, 0.2) is 0 Å². The molecule has 14 rings (SSSR count). The highest BCUT2D eigenvalue weighted by molar-refractivity contribution is 6.24. The highest BCUT2D eigenvalue weighted by Crippen LogP contribution is 2.44. The molecule has 0 spiro atoms. The first kappa shape index (κ1) is 39.8. The van der Waals surface area contributed by atoms with Gasteiger partial charge in [-0.1, -0.05) is 183 Å². The van der Waals surface area contributed by atoms with Crippen molar-refractivity contribution in [2.75, 3.05) is 0 Å². The lowest BCUT2D eigenvalue weighted by molar-refractivity contribution is 0.994. The van der Waals surface area contributed by atoms with E-state index in [-0.39, 0.29) is 0 Å². The number of benzene rings is 10. The van der Waals surface area contributed by atoms with Crippen molar-refractivity contribution in [2.45, 2.75) is 6.92 Å². The summed E-state index contributed by atoms with van der Waals surface area (Å²) in [7, 11) is 0. The topological polar surface area (TPSA) is 40.6 Å². The van der Waals surface area contributed by atoms with Crippen molar-refractivity contribution >= 4 is 99.0 Å². The van der Waals surface area contributed by atoms with Crippen LogP contribution in [0.15, 0.2) is 225 Å². The molecule has 0 N–H and O–H groups in total. The summed E-state index contributed by atoms with van der Waals surface area (Å²) in [5.41, 5.74) is 13.7. The van der Waals surface area contributed by atoms with E-state index in [4.69, 9.17) is 9.97 Å². The van der Waals surface area contributed by atoms with Gasteiger partial charge in [-0.2, -0.15) is 0 Å². The van der Waals surface area contributed by atoms with Gasteiger partial charge in [-0.05, 0) is 88.5 Å². The average molecular weight is 894 g/mol. The molecular formula is C65H43N5. The Hall–Kier alpha value is -9.32. The van der Waals surface area contributed by atoms with Crippen LogP contribution in [0.4, 0.5) is 0 Å². The van der Waals surface area contributed by atoms with Crippen molar-refractivity contribution in [1.82, 2.24) is 23.7 Å². The van der Waals surface area contributed by atoms with Gasteiger partial charge in [0.05, 0.1) is 50.4 Å². The minimum Gasteiger partial charge on any atom is -0.309 e. The molecule has 0 saturated carbocycles. The molecule has 0 radical (unpaired) electrons. The summed E-state index contributed by atoms with van der Waals surface area (Å²) in [6.45, 7) is 6.57. The first-order chi connectivity index (χ1) is 34.7. The molecule has 0 amide bonds. The minimum atomic E-state index is 0.609. The van der Waals surface area contributed by atoms with Crippen molar-refractivity contribution in [2.24, 2.45) is 0 Å². The standard InChI is InChI=1S/C65H43N5/c1-3-18-56-45(4-2)63-60(37-38-61-64(63)53-29-12-14-33-59(53)69(61)57-34-17-24-43-21-7-10-27-48(43)57)68(56)44-35-36-52-51-28-11-13-32-58(51)70(62(52)39-44)65-66-54(49-30-15-22-41-19-5-8-25-46(41)49)40-55(67-65)50-31-16-23-42-20-6-9-26-47(42)50/h3-40H,2H2,1H3/b18-3-. The van der Waals surface area contributed by atoms with Gasteiger partial charge in [0.2, 0.25) is 5.95 Å². The molecule has 10 aromatic carbocycles. The quantitative estimate of drug-likeness (QED) is 0.160. The number of para-hydroxylation sites is 2. The second-order valence-corrected chi connectivity index (χ2v) is 18.1. The Balaban J connectivity index is 1.06. The van der Waals surface area contributed by atoms with Crippen LogP contribution in [0.5, 0.6) is 0 Å². The second kappa shape index (κ2) is 15.6. The Morgan fingerprint density at radius 1 is 0.400 bits per heavy atom. The van der Waals surface area contributed by atoms with Crippen LogP contribution >= 0.6 is 0 Å². The van der Waals surface area contributed by atoms with E-state index < -0.39 is 0 Å². The predicted octanol–water partition coefficient (Wildman–Crippen LogP) is 17.1. The molecule has 5 heteroatoms. The van der Waals surface area contributed by atoms with E-state index in [0.29, 0.717) is 5.95 Å². The molecule has 14 aromatic rings. The van der Waals surface area contributed by atoms with E-state index in [1.54, 1.807) is 0 Å². The Morgan fingerprint density at radius 2 is 0.914 bits per heavy atom. The van der Waals surface area contributed by atoms with E-state index in [9.17, 15) is 0 Å². The van der Waals surface area contributed by atoms with Gasteiger partial charge in [-0.15, -0.1) is 0 Å². The van der Waals surface area contributed by atoms with Crippen LogP contribution in [0.3, 0.4) is 0 Å². The maximum absolute atomic E-state index is 5.55. The summed E-state index contributed by atoms with van der Waals surface area (Å²) in [5.74, 6) is 0.609. The predicted molar refractivity (Wildman–Crippen MR) is 296 cm³/mol. The molecule has 70 heavy (non-hydrogen) atoms. The summed E-state index contributed by atoms with van der Waals surface area (Å²) >= 11 is 0. The molecule has 0 fully saturated rings. The van der Waals surface area contributed by atoms with Crippen LogP contribution < -0.4 is 0 Å². The molecule has 4 aromatic heterocycles. The van der Waals surface area contributed by atoms with E-state index in [0.717, 1.165) is 94.3 Å².